The first-order valence-electron chi connectivity index (χ1n) is 5.05. The summed E-state index contributed by atoms with van der Waals surface area (Å²) < 4.78 is 27.3. The maximum absolute atomic E-state index is 10.9. The van der Waals surface area contributed by atoms with Crippen LogP contribution in [0.25, 0.3) is 0 Å². The van der Waals surface area contributed by atoms with Crippen LogP contribution in [0.3, 0.4) is 0 Å². The summed E-state index contributed by atoms with van der Waals surface area (Å²) in [5.74, 6) is 0.482. The van der Waals surface area contributed by atoms with Crippen LogP contribution >= 0.6 is 0 Å². The SMILES string of the molecule is Cc1ccc(C(=N)N)cc1OCCS(C)(=O)=O. The molecule has 1 aromatic rings. The number of nitrogen functional groups attached to an aromatic ring is 1. The molecule has 0 aliphatic rings. The number of amidine groups is 1. The van der Waals surface area contributed by atoms with Crippen LogP contribution in [0, 0.1) is 12.3 Å². The minimum atomic E-state index is -3.03. The van der Waals surface area contributed by atoms with Crippen molar-refractivity contribution in [1.29, 1.82) is 5.41 Å². The number of rotatable bonds is 5. The fourth-order valence-corrected chi connectivity index (χ4v) is 1.61. The molecule has 0 radical (unpaired) electrons. The lowest BCUT2D eigenvalue weighted by Gasteiger charge is -2.10. The molecule has 0 aliphatic carbocycles. The fourth-order valence-electron chi connectivity index (χ4n) is 1.23. The van der Waals surface area contributed by atoms with Gasteiger partial charge in [-0.3, -0.25) is 5.41 Å². The summed E-state index contributed by atoms with van der Waals surface area (Å²) >= 11 is 0. The van der Waals surface area contributed by atoms with Crippen molar-refractivity contribution in [3.63, 3.8) is 0 Å². The third kappa shape index (κ3) is 4.44. The molecule has 0 saturated carbocycles. The molecule has 3 N–H and O–H groups in total. The average Bonchev–Trinajstić information content (AvgIpc) is 2.18. The van der Waals surface area contributed by atoms with E-state index in [1.54, 1.807) is 18.2 Å². The van der Waals surface area contributed by atoms with Gasteiger partial charge in [-0.05, 0) is 18.6 Å². The Morgan fingerprint density at radius 2 is 2.12 bits per heavy atom. The summed E-state index contributed by atoms with van der Waals surface area (Å²) in [5.41, 5.74) is 6.80. The van der Waals surface area contributed by atoms with Crippen molar-refractivity contribution >= 4 is 15.7 Å². The number of hydrogen-bond acceptors (Lipinski definition) is 4. The molecule has 17 heavy (non-hydrogen) atoms. The Morgan fingerprint density at radius 3 is 2.65 bits per heavy atom. The number of sulfone groups is 1. The van der Waals surface area contributed by atoms with E-state index in [0.29, 0.717) is 11.3 Å². The molecule has 1 aromatic carbocycles. The number of hydrogen-bond donors (Lipinski definition) is 2. The maximum Gasteiger partial charge on any atom is 0.150 e. The second kappa shape index (κ2) is 5.18. The third-order valence-corrected chi connectivity index (χ3v) is 3.12. The highest BCUT2D eigenvalue weighted by Crippen LogP contribution is 2.19. The van der Waals surface area contributed by atoms with Gasteiger partial charge in [-0.1, -0.05) is 12.1 Å². The van der Waals surface area contributed by atoms with E-state index in [4.69, 9.17) is 15.9 Å². The summed E-state index contributed by atoms with van der Waals surface area (Å²) in [4.78, 5) is 0. The minimum Gasteiger partial charge on any atom is -0.492 e. The van der Waals surface area contributed by atoms with E-state index in [0.717, 1.165) is 11.8 Å². The van der Waals surface area contributed by atoms with Crippen molar-refractivity contribution in [3.05, 3.63) is 29.3 Å². The number of ether oxygens (including phenoxy) is 1. The van der Waals surface area contributed by atoms with Crippen molar-refractivity contribution in [3.8, 4) is 5.75 Å². The molecule has 0 unspecified atom stereocenters. The first kappa shape index (κ1) is 13.5. The largest absolute Gasteiger partial charge is 0.492 e. The molecular weight excluding hydrogens is 240 g/mol. The lowest BCUT2D eigenvalue weighted by atomic mass is 10.1. The number of nitrogens with two attached hydrogens (primary N) is 1. The van der Waals surface area contributed by atoms with Crippen molar-refractivity contribution in [1.82, 2.24) is 0 Å². The van der Waals surface area contributed by atoms with Gasteiger partial charge in [0.1, 0.15) is 18.2 Å². The lowest BCUT2D eigenvalue weighted by molar-refractivity contribution is 0.338. The van der Waals surface area contributed by atoms with Crippen molar-refractivity contribution in [2.24, 2.45) is 5.73 Å². The molecule has 0 aromatic heterocycles. The first-order valence-corrected chi connectivity index (χ1v) is 7.11. The van der Waals surface area contributed by atoms with Gasteiger partial charge in [-0.25, -0.2) is 8.42 Å². The maximum atomic E-state index is 10.9. The molecular formula is C11H16N2O3S. The van der Waals surface area contributed by atoms with Crippen molar-refractivity contribution in [2.45, 2.75) is 6.92 Å². The van der Waals surface area contributed by atoms with Gasteiger partial charge in [0.25, 0.3) is 0 Å². The van der Waals surface area contributed by atoms with E-state index in [-0.39, 0.29) is 18.2 Å². The summed E-state index contributed by atoms with van der Waals surface area (Å²) in [6.07, 6.45) is 1.16. The van der Waals surface area contributed by atoms with E-state index in [9.17, 15) is 8.42 Å². The molecule has 0 spiro atoms. The average molecular weight is 256 g/mol. The Balaban J connectivity index is 2.76. The molecule has 0 amide bonds. The molecule has 0 heterocycles. The predicted octanol–water partition coefficient (Wildman–Crippen LogP) is 0.702. The van der Waals surface area contributed by atoms with E-state index in [1.807, 2.05) is 6.92 Å². The summed E-state index contributed by atoms with van der Waals surface area (Å²) in [5, 5.41) is 7.31. The summed E-state index contributed by atoms with van der Waals surface area (Å²) in [6.45, 7) is 1.95. The minimum absolute atomic E-state index is 0.0310. The van der Waals surface area contributed by atoms with Crippen LogP contribution in [0.4, 0.5) is 0 Å². The number of nitrogens with one attached hydrogen (secondary N) is 1. The quantitative estimate of drug-likeness (QED) is 0.599. The van der Waals surface area contributed by atoms with Gasteiger partial charge >= 0.3 is 0 Å². The van der Waals surface area contributed by atoms with Crippen LogP contribution < -0.4 is 10.5 Å². The van der Waals surface area contributed by atoms with Crippen molar-refractivity contribution < 1.29 is 13.2 Å². The highest BCUT2D eigenvalue weighted by Gasteiger charge is 2.06. The van der Waals surface area contributed by atoms with E-state index < -0.39 is 9.84 Å². The Hall–Kier alpha value is -1.56. The number of aryl methyl sites for hydroxylation is 1. The highest BCUT2D eigenvalue weighted by atomic mass is 32.2. The third-order valence-electron chi connectivity index (χ3n) is 2.21. The zero-order chi connectivity index (χ0) is 13.1. The van der Waals surface area contributed by atoms with Gasteiger partial charge in [0.05, 0.1) is 5.75 Å². The summed E-state index contributed by atoms with van der Waals surface area (Å²) in [7, 11) is -3.03. The van der Waals surface area contributed by atoms with Gasteiger partial charge in [0.2, 0.25) is 0 Å². The zero-order valence-electron chi connectivity index (χ0n) is 9.86. The Labute approximate surface area is 101 Å². The monoisotopic (exact) mass is 256 g/mol. The van der Waals surface area contributed by atoms with Gasteiger partial charge in [-0.2, -0.15) is 0 Å². The van der Waals surface area contributed by atoms with Crippen LogP contribution in [0.1, 0.15) is 11.1 Å². The molecule has 0 aliphatic heterocycles. The first-order chi connectivity index (χ1) is 7.79. The van der Waals surface area contributed by atoms with Gasteiger partial charge in [0, 0.05) is 11.8 Å². The van der Waals surface area contributed by atoms with E-state index in [1.165, 1.54) is 0 Å². The molecule has 0 saturated heterocycles. The van der Waals surface area contributed by atoms with Crippen LogP contribution in [0.5, 0.6) is 5.75 Å². The normalized spacial score (nSPS) is 11.2. The molecule has 5 nitrogen and oxygen atoms in total. The second-order valence-electron chi connectivity index (χ2n) is 3.87. The fraction of sp³-hybridized carbons (Fsp3) is 0.364. The highest BCUT2D eigenvalue weighted by molar-refractivity contribution is 7.90. The smallest absolute Gasteiger partial charge is 0.150 e. The molecule has 6 heteroatoms. The molecule has 0 atom stereocenters. The number of benzene rings is 1. The Morgan fingerprint density at radius 1 is 1.47 bits per heavy atom. The van der Waals surface area contributed by atoms with Gasteiger partial charge in [0.15, 0.2) is 9.84 Å². The Kier molecular flexibility index (Phi) is 4.11. The molecule has 1 rings (SSSR count). The van der Waals surface area contributed by atoms with E-state index >= 15 is 0 Å². The van der Waals surface area contributed by atoms with Crippen LogP contribution in [0.15, 0.2) is 18.2 Å². The second-order valence-corrected chi connectivity index (χ2v) is 6.13. The van der Waals surface area contributed by atoms with Gasteiger partial charge < -0.3 is 10.5 Å². The molecule has 0 fully saturated rings. The van der Waals surface area contributed by atoms with Crippen LogP contribution in [-0.2, 0) is 9.84 Å². The van der Waals surface area contributed by atoms with Gasteiger partial charge in [-0.15, -0.1) is 0 Å². The zero-order valence-corrected chi connectivity index (χ0v) is 10.7. The molecule has 94 valence electrons. The predicted molar refractivity (Wildman–Crippen MR) is 67.4 cm³/mol. The van der Waals surface area contributed by atoms with Crippen molar-refractivity contribution in [2.75, 3.05) is 18.6 Å². The topological polar surface area (TPSA) is 93.2 Å². The Bertz CT molecular complexity index is 524. The molecule has 0 bridgehead atoms. The van der Waals surface area contributed by atoms with E-state index in [2.05, 4.69) is 0 Å². The van der Waals surface area contributed by atoms with Crippen LogP contribution in [0.2, 0.25) is 0 Å². The standard InChI is InChI=1S/C11H16N2O3S/c1-8-3-4-9(11(12)13)7-10(8)16-5-6-17(2,14)15/h3-4,7H,5-6H2,1-2H3,(H3,12,13). The summed E-state index contributed by atoms with van der Waals surface area (Å²) in [6, 6.07) is 5.15. The van der Waals surface area contributed by atoms with Crippen LogP contribution in [-0.4, -0.2) is 32.9 Å². The lowest BCUT2D eigenvalue weighted by Crippen LogP contribution is -2.14.